The van der Waals surface area contributed by atoms with Gasteiger partial charge in [-0.05, 0) is 28.3 Å². The minimum absolute atomic E-state index is 0.0520. The number of rotatable bonds is 5. The molecule has 0 radical (unpaired) electrons. The molecule has 0 spiro atoms. The summed E-state index contributed by atoms with van der Waals surface area (Å²) < 4.78 is 5.48. The number of halogens is 1. The molecule has 0 aliphatic heterocycles. The number of ether oxygens (including phenoxy) is 1. The molecule has 2 aromatic carbocycles. The third kappa shape index (κ3) is 3.89. The van der Waals surface area contributed by atoms with E-state index in [4.69, 9.17) is 16.3 Å². The van der Waals surface area contributed by atoms with E-state index in [9.17, 15) is 4.79 Å². The Bertz CT molecular complexity index is 973. The van der Waals surface area contributed by atoms with E-state index in [1.54, 1.807) is 12.2 Å². The van der Waals surface area contributed by atoms with Gasteiger partial charge in [0.25, 0.3) is 0 Å². The topological polar surface area (TPSA) is 64.1 Å². The van der Waals surface area contributed by atoms with Crippen LogP contribution in [0.25, 0.3) is 17.2 Å². The van der Waals surface area contributed by atoms with Crippen molar-refractivity contribution in [3.8, 4) is 11.1 Å². The summed E-state index contributed by atoms with van der Waals surface area (Å²) in [5, 5.41) is 3.19. The lowest BCUT2D eigenvalue weighted by atomic mass is 9.98. The number of nitrogens with zero attached hydrogens (tertiary/aromatic N) is 2. The van der Waals surface area contributed by atoms with Gasteiger partial charge in [0, 0.05) is 24.9 Å². The zero-order chi connectivity index (χ0) is 19.3. The van der Waals surface area contributed by atoms with E-state index in [1.165, 1.54) is 34.6 Å². The fraction of sp³-hybridized carbons (Fsp3) is 0.136. The predicted octanol–water partition coefficient (Wildman–Crippen LogP) is 4.68. The summed E-state index contributed by atoms with van der Waals surface area (Å²) in [5.41, 5.74) is 4.79. The van der Waals surface area contributed by atoms with E-state index in [-0.39, 0.29) is 5.92 Å². The Morgan fingerprint density at radius 1 is 1.04 bits per heavy atom. The standard InChI is InChI=1S/C22H18ClN3O2/c23-15-12-25-21(26-13-15)10-5-11-24-22(27)28-14-20-18-8-3-1-6-16(18)17-7-2-4-9-19(17)20/h1-10,12-13,20H,11,14H2,(H,24,27). The molecular formula is C22H18ClN3O2. The molecule has 28 heavy (non-hydrogen) atoms. The molecule has 1 aliphatic carbocycles. The molecule has 0 bridgehead atoms. The Labute approximate surface area is 168 Å². The van der Waals surface area contributed by atoms with Crippen molar-refractivity contribution >= 4 is 23.8 Å². The first kappa shape index (κ1) is 18.2. The molecule has 4 rings (SSSR count). The van der Waals surface area contributed by atoms with Crippen LogP contribution < -0.4 is 5.32 Å². The molecule has 5 nitrogen and oxygen atoms in total. The summed E-state index contributed by atoms with van der Waals surface area (Å²) in [7, 11) is 0. The number of amides is 1. The number of nitrogens with one attached hydrogen (secondary N) is 1. The van der Waals surface area contributed by atoms with Gasteiger partial charge in [-0.25, -0.2) is 14.8 Å². The van der Waals surface area contributed by atoms with Crippen LogP contribution in [0, 0.1) is 0 Å². The maximum atomic E-state index is 12.1. The quantitative estimate of drug-likeness (QED) is 0.685. The molecule has 140 valence electrons. The SMILES string of the molecule is O=C(NCC=Cc1ncc(Cl)cn1)OCC1c2ccccc2-c2ccccc21. The van der Waals surface area contributed by atoms with Gasteiger partial charge in [0.05, 0.1) is 5.02 Å². The molecule has 6 heteroatoms. The molecule has 3 aromatic rings. The molecule has 0 fully saturated rings. The average molecular weight is 392 g/mol. The number of aromatic nitrogens is 2. The van der Waals surface area contributed by atoms with Gasteiger partial charge in [-0.2, -0.15) is 0 Å². The van der Waals surface area contributed by atoms with Crippen LogP contribution in [0.3, 0.4) is 0 Å². The summed E-state index contributed by atoms with van der Waals surface area (Å²) >= 11 is 5.74. The van der Waals surface area contributed by atoms with E-state index in [0.717, 1.165) is 0 Å². The first-order valence-electron chi connectivity index (χ1n) is 8.95. The Hall–Kier alpha value is -3.18. The second-order valence-corrected chi connectivity index (χ2v) is 6.80. The molecular weight excluding hydrogens is 374 g/mol. The predicted molar refractivity (Wildman–Crippen MR) is 109 cm³/mol. The minimum atomic E-state index is -0.455. The monoisotopic (exact) mass is 391 g/mol. The van der Waals surface area contributed by atoms with Gasteiger partial charge in [-0.15, -0.1) is 0 Å². The Morgan fingerprint density at radius 3 is 2.29 bits per heavy atom. The van der Waals surface area contributed by atoms with Gasteiger partial charge in [-0.3, -0.25) is 0 Å². The molecule has 1 aromatic heterocycles. The number of fused-ring (bicyclic) bond motifs is 3. The van der Waals surface area contributed by atoms with Crippen LogP contribution in [-0.2, 0) is 4.74 Å². The van der Waals surface area contributed by atoms with E-state index in [1.807, 2.05) is 24.3 Å². The first-order chi connectivity index (χ1) is 13.7. The van der Waals surface area contributed by atoms with Crippen LogP contribution in [0.2, 0.25) is 5.02 Å². The summed E-state index contributed by atoms with van der Waals surface area (Å²) in [6.07, 6.45) is 6.05. The third-order valence-corrected chi connectivity index (χ3v) is 4.81. The molecule has 1 aliphatic rings. The summed E-state index contributed by atoms with van der Waals surface area (Å²) in [6, 6.07) is 16.5. The van der Waals surface area contributed by atoms with Gasteiger partial charge in [0.1, 0.15) is 6.61 Å². The van der Waals surface area contributed by atoms with Crippen molar-refractivity contribution in [1.82, 2.24) is 15.3 Å². The minimum Gasteiger partial charge on any atom is -0.449 e. The van der Waals surface area contributed by atoms with Crippen LogP contribution in [-0.4, -0.2) is 29.2 Å². The lowest BCUT2D eigenvalue weighted by Gasteiger charge is -2.14. The van der Waals surface area contributed by atoms with Gasteiger partial charge >= 0.3 is 6.09 Å². The number of hydrogen-bond acceptors (Lipinski definition) is 4. The van der Waals surface area contributed by atoms with E-state index < -0.39 is 6.09 Å². The Morgan fingerprint density at radius 2 is 1.64 bits per heavy atom. The number of carbonyl (C=O) groups is 1. The van der Waals surface area contributed by atoms with Crippen LogP contribution in [0.1, 0.15) is 22.9 Å². The maximum Gasteiger partial charge on any atom is 0.407 e. The highest BCUT2D eigenvalue weighted by Crippen LogP contribution is 2.44. The van der Waals surface area contributed by atoms with Crippen molar-refractivity contribution in [2.45, 2.75) is 5.92 Å². The van der Waals surface area contributed by atoms with Crippen LogP contribution >= 0.6 is 11.6 Å². The Kier molecular flexibility index (Phi) is 5.35. The van der Waals surface area contributed by atoms with Crippen molar-refractivity contribution < 1.29 is 9.53 Å². The largest absolute Gasteiger partial charge is 0.449 e. The van der Waals surface area contributed by atoms with Gasteiger partial charge < -0.3 is 10.1 Å². The summed E-state index contributed by atoms with van der Waals surface area (Å²) in [4.78, 5) is 20.2. The second-order valence-electron chi connectivity index (χ2n) is 6.37. The normalized spacial score (nSPS) is 12.6. The zero-order valence-corrected chi connectivity index (χ0v) is 15.8. The van der Waals surface area contributed by atoms with Crippen molar-refractivity contribution in [2.24, 2.45) is 0 Å². The van der Waals surface area contributed by atoms with Gasteiger partial charge in [0.15, 0.2) is 5.82 Å². The average Bonchev–Trinajstić information content (AvgIpc) is 3.05. The lowest BCUT2D eigenvalue weighted by Crippen LogP contribution is -2.26. The Balaban J connectivity index is 1.33. The van der Waals surface area contributed by atoms with Gasteiger partial charge in [0.2, 0.25) is 0 Å². The van der Waals surface area contributed by atoms with Crippen molar-refractivity contribution in [2.75, 3.05) is 13.2 Å². The highest BCUT2D eigenvalue weighted by Gasteiger charge is 2.28. The number of carbonyl (C=O) groups excluding carboxylic acids is 1. The molecule has 0 atom stereocenters. The van der Waals surface area contributed by atoms with E-state index in [2.05, 4.69) is 39.6 Å². The highest BCUT2D eigenvalue weighted by atomic mass is 35.5. The maximum absolute atomic E-state index is 12.1. The molecule has 0 saturated heterocycles. The fourth-order valence-corrected chi connectivity index (χ4v) is 3.46. The molecule has 1 amide bonds. The first-order valence-corrected chi connectivity index (χ1v) is 9.33. The van der Waals surface area contributed by atoms with Gasteiger partial charge in [-0.1, -0.05) is 66.2 Å². The fourth-order valence-electron chi connectivity index (χ4n) is 3.36. The molecule has 1 heterocycles. The van der Waals surface area contributed by atoms with Crippen molar-refractivity contribution in [1.29, 1.82) is 0 Å². The highest BCUT2D eigenvalue weighted by molar-refractivity contribution is 6.30. The van der Waals surface area contributed by atoms with Crippen molar-refractivity contribution in [3.63, 3.8) is 0 Å². The smallest absolute Gasteiger partial charge is 0.407 e. The zero-order valence-electron chi connectivity index (χ0n) is 15.0. The number of alkyl carbamates (subject to hydrolysis) is 1. The van der Waals surface area contributed by atoms with Crippen LogP contribution in [0.15, 0.2) is 67.0 Å². The molecule has 1 N–H and O–H groups in total. The van der Waals surface area contributed by atoms with Crippen LogP contribution in [0.5, 0.6) is 0 Å². The lowest BCUT2D eigenvalue weighted by molar-refractivity contribution is 0.144. The number of hydrogen-bond donors (Lipinski definition) is 1. The third-order valence-electron chi connectivity index (χ3n) is 4.62. The second kappa shape index (κ2) is 8.23. The molecule has 0 saturated carbocycles. The molecule has 0 unspecified atom stereocenters. The van der Waals surface area contributed by atoms with Crippen LogP contribution in [0.4, 0.5) is 4.79 Å². The van der Waals surface area contributed by atoms with Crippen molar-refractivity contribution in [3.05, 3.63) is 89.0 Å². The number of benzene rings is 2. The van der Waals surface area contributed by atoms with E-state index >= 15 is 0 Å². The summed E-state index contributed by atoms with van der Waals surface area (Å²) in [5.74, 6) is 0.579. The summed E-state index contributed by atoms with van der Waals surface area (Å²) in [6.45, 7) is 0.618. The van der Waals surface area contributed by atoms with E-state index in [0.29, 0.717) is 24.0 Å².